The normalized spacial score (nSPS) is 19.7. The molecule has 6 nitrogen and oxygen atoms in total. The van der Waals surface area contributed by atoms with E-state index >= 15 is 0 Å². The van der Waals surface area contributed by atoms with Crippen LogP contribution in [0.25, 0.3) is 0 Å². The van der Waals surface area contributed by atoms with Crippen LogP contribution in [0.2, 0.25) is 10.0 Å². The zero-order valence-corrected chi connectivity index (χ0v) is 14.1. The van der Waals surface area contributed by atoms with E-state index < -0.39 is 10.0 Å². The maximum atomic E-state index is 12.8. The van der Waals surface area contributed by atoms with Gasteiger partial charge in [0.2, 0.25) is 10.0 Å². The lowest BCUT2D eigenvalue weighted by molar-refractivity contribution is 0.402. The lowest BCUT2D eigenvalue weighted by Crippen LogP contribution is -2.30. The van der Waals surface area contributed by atoms with E-state index in [9.17, 15) is 8.42 Å². The van der Waals surface area contributed by atoms with E-state index in [1.54, 1.807) is 24.1 Å². The number of nitrogens with zero attached hydrogens (tertiary/aromatic N) is 4. The Morgan fingerprint density at radius 2 is 1.86 bits per heavy atom. The molecule has 0 saturated carbocycles. The van der Waals surface area contributed by atoms with E-state index in [-0.39, 0.29) is 16.0 Å². The largest absolute Gasteiger partial charge is 0.244 e. The van der Waals surface area contributed by atoms with Gasteiger partial charge in [-0.05, 0) is 31.0 Å². The summed E-state index contributed by atoms with van der Waals surface area (Å²) in [6, 6.07) is 2.92. The van der Waals surface area contributed by atoms with Crippen LogP contribution in [0.15, 0.2) is 29.4 Å². The van der Waals surface area contributed by atoms with Crippen LogP contribution in [0.3, 0.4) is 0 Å². The van der Waals surface area contributed by atoms with E-state index in [1.807, 2.05) is 0 Å². The lowest BCUT2D eigenvalue weighted by Gasteiger charge is -2.18. The Morgan fingerprint density at radius 3 is 2.55 bits per heavy atom. The van der Waals surface area contributed by atoms with Crippen molar-refractivity contribution in [2.24, 2.45) is 0 Å². The number of hydrogen-bond acceptors (Lipinski definition) is 4. The molecule has 0 radical (unpaired) electrons. The first-order chi connectivity index (χ1) is 10.4. The fraction of sp³-hybridized carbons (Fsp3) is 0.385. The molecule has 0 bridgehead atoms. The molecule has 0 N–H and O–H groups in total. The Labute approximate surface area is 138 Å². The summed E-state index contributed by atoms with van der Waals surface area (Å²) in [6.07, 6.45) is 3.82. The Kier molecular flexibility index (Phi) is 4.15. The summed E-state index contributed by atoms with van der Waals surface area (Å²) in [6.45, 7) is 2.49. The second kappa shape index (κ2) is 5.81. The highest BCUT2D eigenvalue weighted by molar-refractivity contribution is 7.89. The molecule has 1 unspecified atom stereocenters. The average Bonchev–Trinajstić information content (AvgIpc) is 3.12. The third kappa shape index (κ3) is 2.74. The van der Waals surface area contributed by atoms with Crippen molar-refractivity contribution in [3.63, 3.8) is 0 Å². The van der Waals surface area contributed by atoms with Gasteiger partial charge < -0.3 is 0 Å². The molecule has 0 spiro atoms. The standard InChI is InChI=1S/C13H14Cl2N4O2S/c1-9-6-13(12(15)7-11(9)14)22(20,21)18-5-2-10(8-18)19-16-3-4-17-19/h3-4,6-7,10H,2,5,8H2,1H3. The molecule has 22 heavy (non-hydrogen) atoms. The van der Waals surface area contributed by atoms with Gasteiger partial charge in [0.15, 0.2) is 0 Å². The summed E-state index contributed by atoms with van der Waals surface area (Å²) in [5.41, 5.74) is 0.675. The molecule has 0 amide bonds. The molecule has 9 heteroatoms. The van der Waals surface area contributed by atoms with Crippen molar-refractivity contribution >= 4 is 33.2 Å². The van der Waals surface area contributed by atoms with Crippen LogP contribution in [0, 0.1) is 6.92 Å². The topological polar surface area (TPSA) is 68.1 Å². The minimum atomic E-state index is -3.66. The minimum absolute atomic E-state index is 0.0584. The summed E-state index contributed by atoms with van der Waals surface area (Å²) in [5.74, 6) is 0. The van der Waals surface area contributed by atoms with Gasteiger partial charge in [-0.15, -0.1) is 0 Å². The summed E-state index contributed by atoms with van der Waals surface area (Å²) < 4.78 is 27.0. The third-order valence-corrected chi connectivity index (χ3v) is 6.46. The fourth-order valence-corrected chi connectivity index (χ4v) is 4.80. The Bertz CT molecular complexity index is 793. The number of rotatable bonds is 3. The van der Waals surface area contributed by atoms with Gasteiger partial charge in [-0.2, -0.15) is 19.3 Å². The molecule has 2 aromatic rings. The SMILES string of the molecule is Cc1cc(S(=O)(=O)N2CCC(n3nccn3)C2)c(Cl)cc1Cl. The van der Waals surface area contributed by atoms with Crippen molar-refractivity contribution in [1.82, 2.24) is 19.3 Å². The van der Waals surface area contributed by atoms with Crippen molar-refractivity contribution in [2.45, 2.75) is 24.3 Å². The molecule has 1 aromatic carbocycles. The molecule has 1 fully saturated rings. The molecule has 1 aromatic heterocycles. The highest BCUT2D eigenvalue weighted by atomic mass is 35.5. The van der Waals surface area contributed by atoms with Crippen molar-refractivity contribution in [2.75, 3.05) is 13.1 Å². The Morgan fingerprint density at radius 1 is 1.18 bits per heavy atom. The van der Waals surface area contributed by atoms with Crippen LogP contribution in [0.5, 0.6) is 0 Å². The molecule has 118 valence electrons. The van der Waals surface area contributed by atoms with Gasteiger partial charge in [-0.3, -0.25) is 0 Å². The smallest absolute Gasteiger partial charge is 0.207 e. The maximum absolute atomic E-state index is 12.8. The second-order valence-electron chi connectivity index (χ2n) is 5.19. The van der Waals surface area contributed by atoms with Crippen molar-refractivity contribution < 1.29 is 8.42 Å². The molecule has 2 heterocycles. The zero-order valence-electron chi connectivity index (χ0n) is 11.8. The molecular weight excluding hydrogens is 347 g/mol. The van der Waals surface area contributed by atoms with Gasteiger partial charge >= 0.3 is 0 Å². The number of sulfonamides is 1. The lowest BCUT2D eigenvalue weighted by atomic mass is 10.2. The minimum Gasteiger partial charge on any atom is -0.207 e. The molecule has 1 aliphatic heterocycles. The maximum Gasteiger partial charge on any atom is 0.244 e. The number of hydrogen-bond donors (Lipinski definition) is 0. The predicted molar refractivity (Wildman–Crippen MR) is 83.6 cm³/mol. The second-order valence-corrected chi connectivity index (χ2v) is 7.91. The van der Waals surface area contributed by atoms with Gasteiger partial charge in [0.1, 0.15) is 4.90 Å². The number of halogens is 2. The average molecular weight is 361 g/mol. The van der Waals surface area contributed by atoms with Crippen LogP contribution in [-0.4, -0.2) is 40.8 Å². The first kappa shape index (κ1) is 15.7. The fourth-order valence-electron chi connectivity index (χ4n) is 2.50. The van der Waals surface area contributed by atoms with Gasteiger partial charge in [0.05, 0.1) is 23.5 Å². The first-order valence-electron chi connectivity index (χ1n) is 6.71. The van der Waals surface area contributed by atoms with Crippen LogP contribution < -0.4 is 0 Å². The first-order valence-corrected chi connectivity index (χ1v) is 8.91. The highest BCUT2D eigenvalue weighted by Gasteiger charge is 2.35. The summed E-state index contributed by atoms with van der Waals surface area (Å²) in [5, 5.41) is 8.73. The van der Waals surface area contributed by atoms with Crippen molar-refractivity contribution in [3.05, 3.63) is 40.1 Å². The van der Waals surface area contributed by atoms with Gasteiger partial charge in [-0.1, -0.05) is 23.2 Å². The number of aryl methyl sites for hydroxylation is 1. The van der Waals surface area contributed by atoms with E-state index in [2.05, 4.69) is 10.2 Å². The summed E-state index contributed by atoms with van der Waals surface area (Å²) in [4.78, 5) is 1.63. The zero-order chi connectivity index (χ0) is 15.9. The van der Waals surface area contributed by atoms with Crippen molar-refractivity contribution in [3.8, 4) is 0 Å². The van der Waals surface area contributed by atoms with Crippen LogP contribution >= 0.6 is 23.2 Å². The number of benzene rings is 1. The molecule has 0 aliphatic carbocycles. The molecular formula is C13H14Cl2N4O2S. The van der Waals surface area contributed by atoms with Crippen LogP contribution in [0.1, 0.15) is 18.0 Å². The van der Waals surface area contributed by atoms with Crippen LogP contribution in [0.4, 0.5) is 0 Å². The Hall–Kier alpha value is -1.15. The van der Waals surface area contributed by atoms with E-state index in [0.29, 0.717) is 30.1 Å². The third-order valence-electron chi connectivity index (χ3n) is 3.72. The Balaban J connectivity index is 1.90. The van der Waals surface area contributed by atoms with E-state index in [4.69, 9.17) is 23.2 Å². The van der Waals surface area contributed by atoms with E-state index in [0.717, 1.165) is 0 Å². The van der Waals surface area contributed by atoms with Crippen LogP contribution in [-0.2, 0) is 10.0 Å². The molecule has 1 aliphatic rings. The molecule has 3 rings (SSSR count). The number of aromatic nitrogens is 3. The monoisotopic (exact) mass is 360 g/mol. The summed E-state index contributed by atoms with van der Waals surface area (Å²) >= 11 is 12.1. The van der Waals surface area contributed by atoms with Gasteiger partial charge in [-0.25, -0.2) is 8.42 Å². The quantitative estimate of drug-likeness (QED) is 0.843. The predicted octanol–water partition coefficient (Wildman–Crippen LogP) is 2.53. The van der Waals surface area contributed by atoms with Gasteiger partial charge in [0, 0.05) is 18.1 Å². The van der Waals surface area contributed by atoms with E-state index in [1.165, 1.54) is 16.4 Å². The summed E-state index contributed by atoms with van der Waals surface area (Å²) in [7, 11) is -3.66. The van der Waals surface area contributed by atoms with Gasteiger partial charge in [0.25, 0.3) is 0 Å². The molecule has 1 saturated heterocycles. The highest BCUT2D eigenvalue weighted by Crippen LogP contribution is 2.33. The molecule has 1 atom stereocenters. The van der Waals surface area contributed by atoms with Crippen molar-refractivity contribution in [1.29, 1.82) is 0 Å².